The van der Waals surface area contributed by atoms with E-state index in [1.807, 2.05) is 29.2 Å². The lowest BCUT2D eigenvalue weighted by atomic mass is 10.1. The molecule has 0 saturated carbocycles. The number of piperazine rings is 1. The van der Waals surface area contributed by atoms with Gasteiger partial charge in [0.2, 0.25) is 5.91 Å². The number of rotatable bonds is 7. The molecular formula is C22H25ClN2O3. The van der Waals surface area contributed by atoms with Gasteiger partial charge in [0.15, 0.2) is 5.78 Å². The predicted molar refractivity (Wildman–Crippen MR) is 111 cm³/mol. The summed E-state index contributed by atoms with van der Waals surface area (Å²) in [5, 5.41) is 0.629. The highest BCUT2D eigenvalue weighted by atomic mass is 35.5. The zero-order chi connectivity index (χ0) is 19.9. The molecule has 1 aliphatic heterocycles. The van der Waals surface area contributed by atoms with Crippen LogP contribution in [0.1, 0.15) is 30.1 Å². The molecule has 2 aromatic rings. The van der Waals surface area contributed by atoms with Crippen LogP contribution in [0.4, 0.5) is 5.69 Å². The van der Waals surface area contributed by atoms with Crippen molar-refractivity contribution < 1.29 is 14.3 Å². The summed E-state index contributed by atoms with van der Waals surface area (Å²) in [5.41, 5.74) is 1.81. The van der Waals surface area contributed by atoms with E-state index in [0.717, 1.165) is 37.6 Å². The van der Waals surface area contributed by atoms with Gasteiger partial charge < -0.3 is 14.5 Å². The summed E-state index contributed by atoms with van der Waals surface area (Å²) >= 11 is 5.84. The molecule has 1 fully saturated rings. The van der Waals surface area contributed by atoms with Crippen molar-refractivity contribution in [1.29, 1.82) is 0 Å². The normalized spacial score (nSPS) is 14.1. The molecule has 0 atom stereocenters. The van der Waals surface area contributed by atoms with Crippen LogP contribution >= 0.6 is 11.6 Å². The Hall–Kier alpha value is -2.53. The summed E-state index contributed by atoms with van der Waals surface area (Å²) in [6, 6.07) is 14.9. The van der Waals surface area contributed by atoms with Crippen LogP contribution in [0.15, 0.2) is 48.5 Å². The Morgan fingerprint density at radius 1 is 0.964 bits per heavy atom. The van der Waals surface area contributed by atoms with Gasteiger partial charge in [-0.1, -0.05) is 11.6 Å². The lowest BCUT2D eigenvalue weighted by molar-refractivity contribution is -0.129. The number of nitrogens with zero attached hydrogens (tertiary/aromatic N) is 2. The van der Waals surface area contributed by atoms with Crippen molar-refractivity contribution in [3.63, 3.8) is 0 Å². The van der Waals surface area contributed by atoms with Gasteiger partial charge >= 0.3 is 0 Å². The second-order valence-electron chi connectivity index (χ2n) is 6.87. The van der Waals surface area contributed by atoms with E-state index >= 15 is 0 Å². The van der Waals surface area contributed by atoms with Gasteiger partial charge in [-0.2, -0.15) is 0 Å². The average molecular weight is 401 g/mol. The third-order valence-electron chi connectivity index (χ3n) is 4.91. The minimum atomic E-state index is 0.0975. The first-order chi connectivity index (χ1) is 13.5. The van der Waals surface area contributed by atoms with Gasteiger partial charge in [0.1, 0.15) is 5.75 Å². The first kappa shape index (κ1) is 20.2. The van der Waals surface area contributed by atoms with Crippen molar-refractivity contribution in [1.82, 2.24) is 4.90 Å². The Morgan fingerprint density at radius 2 is 1.61 bits per heavy atom. The maximum Gasteiger partial charge on any atom is 0.219 e. The van der Waals surface area contributed by atoms with Gasteiger partial charge in [0.05, 0.1) is 6.61 Å². The number of Topliss-reactive ketones (excluding diaryl/α,β-unsaturated/α-hetero) is 1. The predicted octanol–water partition coefficient (Wildman–Crippen LogP) is 4.05. The summed E-state index contributed by atoms with van der Waals surface area (Å²) in [7, 11) is 0. The molecule has 6 heteroatoms. The number of hydrogen-bond acceptors (Lipinski definition) is 4. The van der Waals surface area contributed by atoms with E-state index in [9.17, 15) is 9.59 Å². The minimum Gasteiger partial charge on any atom is -0.494 e. The topological polar surface area (TPSA) is 49.9 Å². The Kier molecular flexibility index (Phi) is 6.93. The number of hydrogen-bond donors (Lipinski definition) is 0. The number of anilines is 1. The average Bonchev–Trinajstić information content (AvgIpc) is 2.72. The molecule has 1 saturated heterocycles. The van der Waals surface area contributed by atoms with Crippen LogP contribution in [0.3, 0.4) is 0 Å². The van der Waals surface area contributed by atoms with Crippen LogP contribution in [0.5, 0.6) is 5.75 Å². The second kappa shape index (κ2) is 9.60. The van der Waals surface area contributed by atoms with E-state index in [1.54, 1.807) is 31.2 Å². The number of amides is 1. The molecule has 0 bridgehead atoms. The molecule has 1 heterocycles. The van der Waals surface area contributed by atoms with Crippen molar-refractivity contribution in [2.45, 2.75) is 19.8 Å². The van der Waals surface area contributed by atoms with Crippen LogP contribution in [-0.2, 0) is 4.79 Å². The van der Waals surface area contributed by atoms with E-state index in [0.29, 0.717) is 30.0 Å². The monoisotopic (exact) mass is 400 g/mol. The quantitative estimate of drug-likeness (QED) is 0.519. The van der Waals surface area contributed by atoms with Crippen LogP contribution in [0.2, 0.25) is 5.02 Å². The Labute approximate surface area is 170 Å². The molecule has 0 unspecified atom stereocenters. The Morgan fingerprint density at radius 3 is 2.21 bits per heavy atom. The minimum absolute atomic E-state index is 0.0975. The van der Waals surface area contributed by atoms with Crippen molar-refractivity contribution in [2.24, 2.45) is 0 Å². The van der Waals surface area contributed by atoms with Gasteiger partial charge in [0.25, 0.3) is 0 Å². The van der Waals surface area contributed by atoms with Crippen molar-refractivity contribution in [3.8, 4) is 5.75 Å². The summed E-state index contributed by atoms with van der Waals surface area (Å²) in [5.74, 6) is 1.03. The molecule has 1 amide bonds. The highest BCUT2D eigenvalue weighted by molar-refractivity contribution is 6.30. The molecule has 0 N–H and O–H groups in total. The first-order valence-corrected chi connectivity index (χ1v) is 9.93. The highest BCUT2D eigenvalue weighted by Crippen LogP contribution is 2.21. The third-order valence-corrected chi connectivity index (χ3v) is 5.16. The zero-order valence-corrected chi connectivity index (χ0v) is 16.8. The fourth-order valence-corrected chi connectivity index (χ4v) is 3.36. The second-order valence-corrected chi connectivity index (χ2v) is 7.31. The van der Waals surface area contributed by atoms with Gasteiger partial charge in [-0.05, 0) is 55.0 Å². The first-order valence-electron chi connectivity index (χ1n) is 9.55. The molecule has 148 valence electrons. The summed E-state index contributed by atoms with van der Waals surface area (Å²) < 4.78 is 5.76. The van der Waals surface area contributed by atoms with Gasteiger partial charge in [-0.15, -0.1) is 0 Å². The fraction of sp³-hybridized carbons (Fsp3) is 0.364. The fourth-order valence-electron chi connectivity index (χ4n) is 3.24. The third kappa shape index (κ3) is 5.49. The van der Waals surface area contributed by atoms with Crippen molar-refractivity contribution in [3.05, 3.63) is 59.1 Å². The van der Waals surface area contributed by atoms with Gasteiger partial charge in [-0.25, -0.2) is 0 Å². The van der Waals surface area contributed by atoms with E-state index in [4.69, 9.17) is 16.3 Å². The van der Waals surface area contributed by atoms with E-state index in [1.165, 1.54) is 0 Å². The van der Waals surface area contributed by atoms with E-state index in [-0.39, 0.29) is 11.7 Å². The SMILES string of the molecule is CC(=O)N1CCN(c2ccc(OCCCC(=O)c3ccc(Cl)cc3)cc2)CC1. The van der Waals surface area contributed by atoms with Gasteiger partial charge in [-0.3, -0.25) is 9.59 Å². The molecule has 3 rings (SSSR count). The Bertz CT molecular complexity index is 798. The van der Waals surface area contributed by atoms with Crippen LogP contribution in [0.25, 0.3) is 0 Å². The highest BCUT2D eigenvalue weighted by Gasteiger charge is 2.18. The number of ketones is 1. The lowest BCUT2D eigenvalue weighted by Crippen LogP contribution is -2.48. The molecule has 1 aliphatic rings. The van der Waals surface area contributed by atoms with E-state index in [2.05, 4.69) is 4.90 Å². The molecule has 0 aromatic heterocycles. The number of halogens is 1. The lowest BCUT2D eigenvalue weighted by Gasteiger charge is -2.35. The molecular weight excluding hydrogens is 376 g/mol. The van der Waals surface area contributed by atoms with Crippen LogP contribution < -0.4 is 9.64 Å². The zero-order valence-electron chi connectivity index (χ0n) is 16.1. The standard InChI is InChI=1S/C22H25ClN2O3/c1-17(26)24-12-14-25(15-13-24)20-8-10-21(11-9-20)28-16-2-3-22(27)18-4-6-19(23)7-5-18/h4-11H,2-3,12-16H2,1H3. The van der Waals surface area contributed by atoms with Crippen LogP contribution in [0, 0.1) is 0 Å². The molecule has 2 aromatic carbocycles. The van der Waals surface area contributed by atoms with Crippen molar-refractivity contribution in [2.75, 3.05) is 37.7 Å². The summed E-state index contributed by atoms with van der Waals surface area (Å²) in [4.78, 5) is 27.7. The number of carbonyl (C=O) groups is 2. The maximum atomic E-state index is 12.1. The van der Waals surface area contributed by atoms with Gasteiger partial charge in [0, 0.05) is 55.8 Å². The maximum absolute atomic E-state index is 12.1. The largest absolute Gasteiger partial charge is 0.494 e. The molecule has 0 radical (unpaired) electrons. The molecule has 5 nitrogen and oxygen atoms in total. The summed E-state index contributed by atoms with van der Waals surface area (Å²) in [6.45, 7) is 5.31. The van der Waals surface area contributed by atoms with E-state index < -0.39 is 0 Å². The smallest absolute Gasteiger partial charge is 0.219 e. The molecule has 0 spiro atoms. The number of carbonyl (C=O) groups excluding carboxylic acids is 2. The molecule has 0 aliphatic carbocycles. The molecule has 28 heavy (non-hydrogen) atoms. The van der Waals surface area contributed by atoms with Crippen LogP contribution in [-0.4, -0.2) is 49.4 Å². The number of ether oxygens (including phenoxy) is 1. The van der Waals surface area contributed by atoms with Crippen molar-refractivity contribution >= 4 is 29.0 Å². The number of benzene rings is 2. The summed E-state index contributed by atoms with van der Waals surface area (Å²) in [6.07, 6.45) is 1.11. The Balaban J connectivity index is 1.40.